The highest BCUT2D eigenvalue weighted by molar-refractivity contribution is 5.90. The van der Waals surface area contributed by atoms with Gasteiger partial charge in [0, 0.05) is 0 Å². The average Bonchev–Trinajstić information content (AvgIpc) is 2.60. The number of carbonyl (C=O) groups excluding carboxylic acids is 1. The SMILES string of the molecule is CC.CC.O=C(OCO)c1ccc(-c2ccccc2)cc1. The van der Waals surface area contributed by atoms with Gasteiger partial charge in [-0.15, -0.1) is 0 Å². The number of benzene rings is 2. The Morgan fingerprint density at radius 2 is 1.33 bits per heavy atom. The summed E-state index contributed by atoms with van der Waals surface area (Å²) in [6.07, 6.45) is 0. The first-order valence-electron chi connectivity index (χ1n) is 7.25. The van der Waals surface area contributed by atoms with Crippen molar-refractivity contribution in [2.75, 3.05) is 6.79 Å². The Balaban J connectivity index is 0.000000921. The molecule has 3 nitrogen and oxygen atoms in total. The zero-order valence-electron chi connectivity index (χ0n) is 13.2. The monoisotopic (exact) mass is 288 g/mol. The molecule has 0 aliphatic rings. The number of aliphatic hydroxyl groups excluding tert-OH is 1. The van der Waals surface area contributed by atoms with E-state index in [9.17, 15) is 4.79 Å². The summed E-state index contributed by atoms with van der Waals surface area (Å²) in [5, 5.41) is 8.49. The second kappa shape index (κ2) is 11.7. The van der Waals surface area contributed by atoms with E-state index in [1.165, 1.54) is 0 Å². The summed E-state index contributed by atoms with van der Waals surface area (Å²) in [4.78, 5) is 11.3. The van der Waals surface area contributed by atoms with Crippen molar-refractivity contribution in [3.8, 4) is 11.1 Å². The van der Waals surface area contributed by atoms with Crippen molar-refractivity contribution in [1.82, 2.24) is 0 Å². The van der Waals surface area contributed by atoms with Crippen molar-refractivity contribution in [2.24, 2.45) is 0 Å². The lowest BCUT2D eigenvalue weighted by molar-refractivity contribution is 0.00684. The largest absolute Gasteiger partial charge is 0.435 e. The van der Waals surface area contributed by atoms with E-state index in [1.807, 2.05) is 70.2 Å². The van der Waals surface area contributed by atoms with E-state index in [0.717, 1.165) is 11.1 Å². The summed E-state index contributed by atoms with van der Waals surface area (Å²) in [5.74, 6) is -0.521. The van der Waals surface area contributed by atoms with Gasteiger partial charge in [0.1, 0.15) is 0 Å². The Labute approximate surface area is 127 Å². The minimum absolute atomic E-state index is 0.429. The average molecular weight is 288 g/mol. The van der Waals surface area contributed by atoms with Crippen molar-refractivity contribution in [2.45, 2.75) is 27.7 Å². The van der Waals surface area contributed by atoms with E-state index in [-0.39, 0.29) is 0 Å². The van der Waals surface area contributed by atoms with Gasteiger partial charge in [-0.1, -0.05) is 70.2 Å². The number of esters is 1. The quantitative estimate of drug-likeness (QED) is 0.667. The number of hydrogen-bond donors (Lipinski definition) is 1. The molecule has 0 bridgehead atoms. The molecule has 0 aromatic heterocycles. The lowest BCUT2D eigenvalue weighted by atomic mass is 10.0. The van der Waals surface area contributed by atoms with E-state index >= 15 is 0 Å². The van der Waals surface area contributed by atoms with Crippen LogP contribution in [0.5, 0.6) is 0 Å². The van der Waals surface area contributed by atoms with Gasteiger partial charge in [-0.05, 0) is 23.3 Å². The van der Waals surface area contributed by atoms with Crippen LogP contribution in [0.25, 0.3) is 11.1 Å². The third kappa shape index (κ3) is 6.23. The zero-order valence-corrected chi connectivity index (χ0v) is 13.2. The first kappa shape index (κ1) is 18.9. The molecule has 2 rings (SSSR count). The maximum atomic E-state index is 11.3. The van der Waals surface area contributed by atoms with E-state index in [4.69, 9.17) is 5.11 Å². The second-order valence-corrected chi connectivity index (χ2v) is 3.50. The van der Waals surface area contributed by atoms with E-state index in [2.05, 4.69) is 4.74 Å². The summed E-state index contributed by atoms with van der Waals surface area (Å²) in [6.45, 7) is 7.40. The van der Waals surface area contributed by atoms with Gasteiger partial charge in [0.2, 0.25) is 0 Å². The molecular weight excluding hydrogens is 264 g/mol. The minimum atomic E-state index is -0.598. The number of rotatable bonds is 3. The summed E-state index contributed by atoms with van der Waals surface area (Å²) in [5.41, 5.74) is 2.56. The summed E-state index contributed by atoms with van der Waals surface area (Å²) < 4.78 is 4.49. The molecule has 0 aliphatic carbocycles. The fraction of sp³-hybridized carbons (Fsp3) is 0.278. The molecule has 1 N–H and O–H groups in total. The molecule has 3 heteroatoms. The number of carbonyl (C=O) groups is 1. The number of ether oxygens (including phenoxy) is 1. The molecule has 2 aromatic carbocycles. The Bertz CT molecular complexity index is 490. The van der Waals surface area contributed by atoms with Crippen LogP contribution in [0.15, 0.2) is 54.6 Å². The molecule has 0 saturated carbocycles. The molecule has 114 valence electrons. The molecule has 0 amide bonds. The maximum Gasteiger partial charge on any atom is 0.340 e. The summed E-state index contributed by atoms with van der Waals surface area (Å²) in [7, 11) is 0. The van der Waals surface area contributed by atoms with Gasteiger partial charge >= 0.3 is 5.97 Å². The Hall–Kier alpha value is -2.13. The van der Waals surface area contributed by atoms with Crippen LogP contribution in [0, 0.1) is 0 Å². The molecular formula is C18H24O3. The topological polar surface area (TPSA) is 46.5 Å². The van der Waals surface area contributed by atoms with Crippen LogP contribution in [0.1, 0.15) is 38.1 Å². The van der Waals surface area contributed by atoms with Gasteiger partial charge in [0.05, 0.1) is 5.56 Å². The third-order valence-electron chi connectivity index (χ3n) is 2.42. The van der Waals surface area contributed by atoms with Gasteiger partial charge < -0.3 is 9.84 Å². The van der Waals surface area contributed by atoms with E-state index < -0.39 is 12.8 Å². The Kier molecular flexibility index (Phi) is 10.5. The van der Waals surface area contributed by atoms with Crippen LogP contribution in [-0.2, 0) is 4.74 Å². The highest BCUT2D eigenvalue weighted by atomic mass is 16.6. The Morgan fingerprint density at radius 3 is 1.81 bits per heavy atom. The molecule has 0 spiro atoms. The standard InChI is InChI=1S/C14H12O3.2C2H6/c15-10-17-14(16)13-8-6-12(7-9-13)11-4-2-1-3-5-11;2*1-2/h1-9,15H,10H2;2*1-2H3. The lowest BCUT2D eigenvalue weighted by Gasteiger charge is -2.03. The van der Waals surface area contributed by atoms with E-state index in [1.54, 1.807) is 12.1 Å². The lowest BCUT2D eigenvalue weighted by Crippen LogP contribution is -2.05. The van der Waals surface area contributed by atoms with Crippen LogP contribution >= 0.6 is 0 Å². The van der Waals surface area contributed by atoms with Crippen molar-refractivity contribution < 1.29 is 14.6 Å². The van der Waals surface area contributed by atoms with Crippen molar-refractivity contribution in [3.63, 3.8) is 0 Å². The highest BCUT2D eigenvalue weighted by Crippen LogP contribution is 2.19. The van der Waals surface area contributed by atoms with Crippen LogP contribution in [0.3, 0.4) is 0 Å². The molecule has 0 atom stereocenters. The third-order valence-corrected chi connectivity index (χ3v) is 2.42. The van der Waals surface area contributed by atoms with Crippen LogP contribution in [0.4, 0.5) is 0 Å². The molecule has 0 heterocycles. The van der Waals surface area contributed by atoms with Gasteiger partial charge in [-0.3, -0.25) is 0 Å². The molecule has 0 radical (unpaired) electrons. The number of hydrogen-bond acceptors (Lipinski definition) is 3. The van der Waals surface area contributed by atoms with Gasteiger partial charge in [0.15, 0.2) is 6.79 Å². The minimum Gasteiger partial charge on any atom is -0.435 e. The smallest absolute Gasteiger partial charge is 0.340 e. The number of aliphatic hydroxyl groups is 1. The fourth-order valence-corrected chi connectivity index (χ4v) is 1.57. The first-order valence-corrected chi connectivity index (χ1v) is 7.25. The highest BCUT2D eigenvalue weighted by Gasteiger charge is 2.06. The van der Waals surface area contributed by atoms with Crippen molar-refractivity contribution in [3.05, 3.63) is 60.2 Å². The van der Waals surface area contributed by atoms with Gasteiger partial charge in [0.25, 0.3) is 0 Å². The fourth-order valence-electron chi connectivity index (χ4n) is 1.57. The first-order chi connectivity index (χ1) is 10.3. The van der Waals surface area contributed by atoms with Crippen LogP contribution in [-0.4, -0.2) is 17.9 Å². The molecule has 0 saturated heterocycles. The predicted octanol–water partition coefficient (Wildman–Crippen LogP) is 4.51. The summed E-state index contributed by atoms with van der Waals surface area (Å²) in [6, 6.07) is 16.9. The van der Waals surface area contributed by atoms with Crippen LogP contribution < -0.4 is 0 Å². The molecule has 21 heavy (non-hydrogen) atoms. The van der Waals surface area contributed by atoms with Crippen molar-refractivity contribution >= 4 is 5.97 Å². The van der Waals surface area contributed by atoms with Crippen LogP contribution in [0.2, 0.25) is 0 Å². The molecule has 0 aliphatic heterocycles. The molecule has 2 aromatic rings. The summed E-state index contributed by atoms with van der Waals surface area (Å²) >= 11 is 0. The maximum absolute atomic E-state index is 11.3. The Morgan fingerprint density at radius 1 is 0.857 bits per heavy atom. The van der Waals surface area contributed by atoms with E-state index in [0.29, 0.717) is 5.56 Å². The van der Waals surface area contributed by atoms with Gasteiger partial charge in [-0.2, -0.15) is 0 Å². The van der Waals surface area contributed by atoms with Crippen molar-refractivity contribution in [1.29, 1.82) is 0 Å². The predicted molar refractivity (Wildman–Crippen MR) is 87.1 cm³/mol. The molecule has 0 unspecified atom stereocenters. The zero-order chi connectivity index (χ0) is 16.1. The van der Waals surface area contributed by atoms with Gasteiger partial charge in [-0.25, -0.2) is 4.79 Å². The second-order valence-electron chi connectivity index (χ2n) is 3.50. The normalized spacial score (nSPS) is 8.62. The molecule has 0 fully saturated rings.